The van der Waals surface area contributed by atoms with Gasteiger partial charge in [0.15, 0.2) is 24.4 Å². The summed E-state index contributed by atoms with van der Waals surface area (Å²) < 4.78 is 40.1. The predicted molar refractivity (Wildman–Crippen MR) is 171 cm³/mol. The van der Waals surface area contributed by atoms with E-state index in [1.807, 2.05) is 0 Å². The van der Waals surface area contributed by atoms with Gasteiger partial charge in [-0.25, -0.2) is 0 Å². The van der Waals surface area contributed by atoms with Crippen molar-refractivity contribution >= 4 is 11.0 Å². The average molecular weight is 757 g/mol. The van der Waals surface area contributed by atoms with Gasteiger partial charge < -0.3 is 94.1 Å². The van der Waals surface area contributed by atoms with Gasteiger partial charge in [0.25, 0.3) is 0 Å². The molecule has 3 fully saturated rings. The number of phenolic OH excluding ortho intramolecular Hbond substituents is 3. The van der Waals surface area contributed by atoms with E-state index in [1.54, 1.807) is 0 Å². The van der Waals surface area contributed by atoms with Crippen LogP contribution in [0.3, 0.4) is 0 Å². The third-order valence-corrected chi connectivity index (χ3v) is 9.32. The number of aromatic hydroxyl groups is 3. The Kier molecular flexibility index (Phi) is 11.5. The fourth-order valence-electron chi connectivity index (χ4n) is 6.35. The van der Waals surface area contributed by atoms with Crippen molar-refractivity contribution in [1.29, 1.82) is 0 Å². The molecule has 1 aromatic heterocycles. The van der Waals surface area contributed by atoms with Crippen molar-refractivity contribution < 1.29 is 94.1 Å². The van der Waals surface area contributed by atoms with E-state index in [-0.39, 0.29) is 22.7 Å². The molecule has 4 heterocycles. The molecule has 0 amide bonds. The smallest absolute Gasteiger partial charge is 0.239 e. The van der Waals surface area contributed by atoms with Crippen molar-refractivity contribution in [1.82, 2.24) is 0 Å². The van der Waals surface area contributed by atoms with Crippen molar-refractivity contribution in [2.75, 3.05) is 13.2 Å². The number of fused-ring (bicyclic) bond motifs is 1. The molecular weight excluding hydrogens is 716 g/mol. The van der Waals surface area contributed by atoms with Crippen molar-refractivity contribution in [2.45, 2.75) is 99.0 Å². The molecule has 0 bridgehead atoms. The zero-order chi connectivity index (χ0) is 38.5. The molecule has 3 aliphatic heterocycles. The summed E-state index contributed by atoms with van der Waals surface area (Å²) in [5, 5.41) is 125. The lowest BCUT2D eigenvalue weighted by Gasteiger charge is -2.47. The van der Waals surface area contributed by atoms with Crippen molar-refractivity contribution in [3.05, 3.63) is 46.6 Å². The van der Waals surface area contributed by atoms with Gasteiger partial charge in [-0.2, -0.15) is 0 Å². The number of rotatable bonds is 9. The topological polar surface area (TPSA) is 328 Å². The van der Waals surface area contributed by atoms with E-state index >= 15 is 0 Å². The molecule has 20 heteroatoms. The number of ether oxygens (including phenoxy) is 6. The molecule has 3 saturated heterocycles. The SMILES string of the molecule is C[C@@H]1O[C@@H](O[C@@H]2[C@@H](Oc3c(-c4ccc(O)cc4)oc4cc(O)cc(O)c4c3=O)O[C@@H](CO)[C@H](O)[C@@H]2O)[C@@H](O)[C@H](O[C@@H]2O[C@@H](CO)[C@H](O)[C@H](O)[C@@H]2O)[C@H]1O. The van der Waals surface area contributed by atoms with Crippen molar-refractivity contribution in [3.8, 4) is 34.3 Å². The van der Waals surface area contributed by atoms with Gasteiger partial charge in [0.1, 0.15) is 89.3 Å². The highest BCUT2D eigenvalue weighted by Gasteiger charge is 2.53. The van der Waals surface area contributed by atoms with Crippen molar-refractivity contribution in [3.63, 3.8) is 0 Å². The lowest BCUT2D eigenvalue weighted by Crippen LogP contribution is -2.66. The van der Waals surface area contributed by atoms with E-state index < -0.39 is 133 Å². The maximum absolute atomic E-state index is 13.9. The van der Waals surface area contributed by atoms with E-state index in [0.29, 0.717) is 0 Å². The molecule has 15 atom stereocenters. The highest BCUT2D eigenvalue weighted by molar-refractivity contribution is 5.88. The molecule has 0 saturated carbocycles. The minimum absolute atomic E-state index is 0.134. The van der Waals surface area contributed by atoms with Gasteiger partial charge in [-0.3, -0.25) is 4.79 Å². The van der Waals surface area contributed by atoms with Gasteiger partial charge >= 0.3 is 0 Å². The Morgan fingerprint density at radius 3 is 1.87 bits per heavy atom. The second-order valence-corrected chi connectivity index (χ2v) is 12.9. The Morgan fingerprint density at radius 1 is 0.642 bits per heavy atom. The second kappa shape index (κ2) is 15.6. The van der Waals surface area contributed by atoms with Gasteiger partial charge in [-0.15, -0.1) is 0 Å². The maximum Gasteiger partial charge on any atom is 0.239 e. The first-order chi connectivity index (χ1) is 25.1. The molecule has 0 aliphatic carbocycles. The van der Waals surface area contributed by atoms with Crippen LogP contribution in [-0.4, -0.2) is 167 Å². The number of aliphatic hydroxyl groups excluding tert-OH is 9. The first-order valence-electron chi connectivity index (χ1n) is 16.4. The Morgan fingerprint density at radius 2 is 1.23 bits per heavy atom. The van der Waals surface area contributed by atoms with Crippen LogP contribution in [0.25, 0.3) is 22.3 Å². The van der Waals surface area contributed by atoms with Gasteiger partial charge in [-0.1, -0.05) is 0 Å². The van der Waals surface area contributed by atoms with Crippen LogP contribution in [0.15, 0.2) is 45.6 Å². The molecule has 3 aliphatic rings. The molecule has 292 valence electrons. The largest absolute Gasteiger partial charge is 0.508 e. The van der Waals surface area contributed by atoms with Crippen LogP contribution < -0.4 is 10.2 Å². The number of hydrogen-bond acceptors (Lipinski definition) is 20. The average Bonchev–Trinajstić information content (AvgIpc) is 3.12. The molecule has 6 rings (SSSR count). The summed E-state index contributed by atoms with van der Waals surface area (Å²) in [6, 6.07) is 7.12. The lowest BCUT2D eigenvalue weighted by molar-refractivity contribution is -0.378. The highest BCUT2D eigenvalue weighted by atomic mass is 16.8. The highest BCUT2D eigenvalue weighted by Crippen LogP contribution is 2.39. The van der Waals surface area contributed by atoms with E-state index in [2.05, 4.69) is 0 Å². The Bertz CT molecular complexity index is 1780. The summed E-state index contributed by atoms with van der Waals surface area (Å²) in [4.78, 5) is 13.9. The van der Waals surface area contributed by atoms with Crippen LogP contribution >= 0.6 is 0 Å². The number of aliphatic hydroxyl groups is 9. The van der Waals surface area contributed by atoms with E-state index in [9.17, 15) is 66.1 Å². The quantitative estimate of drug-likeness (QED) is 0.100. The van der Waals surface area contributed by atoms with Crippen LogP contribution in [0.1, 0.15) is 6.92 Å². The third kappa shape index (κ3) is 7.39. The summed E-state index contributed by atoms with van der Waals surface area (Å²) in [5.41, 5.74) is -1.16. The molecular formula is C33H40O20. The predicted octanol–water partition coefficient (Wildman–Crippen LogP) is -3.57. The molecule has 0 radical (unpaired) electrons. The first-order valence-corrected chi connectivity index (χ1v) is 16.4. The Balaban J connectivity index is 1.35. The standard InChI is InChI=1S/C33H40O20/c1-10-19(39)28(51-31-25(45)23(43)20(40)16(8-34)49-31)26(46)32(47-10)53-30-24(44)21(41)17(9-35)50-33(30)52-29-22(42)18-14(38)6-13(37)7-15(18)48-27(29)11-2-4-12(36)5-3-11/h2-7,10,16-17,19-21,23-26,28,30-41,43-46H,8-9H2,1H3/t10-,16-,17-,19-,20-,21-,23-,24-,25-,26-,28+,30-,31-,32-,33+/m0/s1. The molecule has 0 spiro atoms. The third-order valence-electron chi connectivity index (χ3n) is 9.32. The summed E-state index contributed by atoms with van der Waals surface area (Å²) in [5.74, 6) is -2.29. The number of benzene rings is 2. The molecule has 12 N–H and O–H groups in total. The minimum atomic E-state index is -2.00. The summed E-state index contributed by atoms with van der Waals surface area (Å²) in [7, 11) is 0. The Hall–Kier alpha value is -3.71. The van der Waals surface area contributed by atoms with Gasteiger partial charge in [-0.05, 0) is 31.2 Å². The summed E-state index contributed by atoms with van der Waals surface area (Å²) in [6.45, 7) is -0.331. The lowest BCUT2D eigenvalue weighted by atomic mass is 9.96. The van der Waals surface area contributed by atoms with Gasteiger partial charge in [0, 0.05) is 17.7 Å². The summed E-state index contributed by atoms with van der Waals surface area (Å²) >= 11 is 0. The fraction of sp³-hybridized carbons (Fsp3) is 0.545. The van der Waals surface area contributed by atoms with Gasteiger partial charge in [0.2, 0.25) is 17.5 Å². The maximum atomic E-state index is 13.9. The Labute approximate surface area is 298 Å². The first kappa shape index (κ1) is 39.0. The molecule has 20 nitrogen and oxygen atoms in total. The molecule has 3 aromatic rings. The van der Waals surface area contributed by atoms with Crippen LogP contribution in [-0.2, 0) is 23.7 Å². The van der Waals surface area contributed by atoms with Crippen LogP contribution in [0.2, 0.25) is 0 Å². The molecule has 0 unspecified atom stereocenters. The van der Waals surface area contributed by atoms with Crippen LogP contribution in [0.5, 0.6) is 23.0 Å². The van der Waals surface area contributed by atoms with E-state index in [0.717, 1.165) is 12.1 Å². The summed E-state index contributed by atoms with van der Waals surface area (Å²) in [6.07, 6.45) is -26.4. The number of hydrogen-bond donors (Lipinski definition) is 12. The van der Waals surface area contributed by atoms with E-state index in [4.69, 9.17) is 32.8 Å². The molecule has 53 heavy (non-hydrogen) atoms. The second-order valence-electron chi connectivity index (χ2n) is 12.9. The van der Waals surface area contributed by atoms with Crippen molar-refractivity contribution in [2.24, 2.45) is 0 Å². The van der Waals surface area contributed by atoms with Crippen LogP contribution in [0, 0.1) is 0 Å². The minimum Gasteiger partial charge on any atom is -0.508 e. The fourth-order valence-corrected chi connectivity index (χ4v) is 6.35. The zero-order valence-electron chi connectivity index (χ0n) is 27.7. The number of phenols is 3. The van der Waals surface area contributed by atoms with Crippen LogP contribution in [0.4, 0.5) is 0 Å². The van der Waals surface area contributed by atoms with Gasteiger partial charge in [0.05, 0.1) is 19.3 Å². The normalized spacial score (nSPS) is 37.8. The monoisotopic (exact) mass is 756 g/mol. The molecule has 2 aromatic carbocycles. The zero-order valence-corrected chi connectivity index (χ0v) is 27.7. The van der Waals surface area contributed by atoms with E-state index in [1.165, 1.54) is 31.2 Å².